The predicted octanol–water partition coefficient (Wildman–Crippen LogP) is 3.41. The third kappa shape index (κ3) is 4.06. The number of anilines is 1. The zero-order chi connectivity index (χ0) is 18.6. The van der Waals surface area contributed by atoms with Crippen molar-refractivity contribution in [2.24, 2.45) is 0 Å². The molecule has 0 unspecified atom stereocenters. The van der Waals surface area contributed by atoms with Gasteiger partial charge in [-0.15, -0.1) is 21.5 Å². The standard InChI is InChI=1S/C19H16N6OS/c1-13-7-9-14(10-8-13)16-12-27-19(20-16)21-17(26)11-25-23-18(22-24-25)15-5-3-2-4-6-15/h2-10,12H,11H2,1H3,(H,20,21,26). The third-order valence-corrected chi connectivity index (χ3v) is 4.63. The zero-order valence-electron chi connectivity index (χ0n) is 14.5. The Morgan fingerprint density at radius 1 is 1.07 bits per heavy atom. The molecule has 0 saturated carbocycles. The number of rotatable bonds is 5. The molecule has 0 fully saturated rings. The summed E-state index contributed by atoms with van der Waals surface area (Å²) in [5.41, 5.74) is 3.90. The number of carbonyl (C=O) groups is 1. The van der Waals surface area contributed by atoms with Crippen LogP contribution in [0.15, 0.2) is 60.0 Å². The predicted molar refractivity (Wildman–Crippen MR) is 104 cm³/mol. The first-order valence-corrected chi connectivity index (χ1v) is 9.21. The van der Waals surface area contributed by atoms with Crippen LogP contribution in [0, 0.1) is 6.92 Å². The van der Waals surface area contributed by atoms with E-state index < -0.39 is 0 Å². The summed E-state index contributed by atoms with van der Waals surface area (Å²) in [6, 6.07) is 17.6. The van der Waals surface area contributed by atoms with Crippen LogP contribution >= 0.6 is 11.3 Å². The van der Waals surface area contributed by atoms with Gasteiger partial charge in [-0.1, -0.05) is 60.2 Å². The molecule has 4 rings (SSSR count). The molecule has 0 spiro atoms. The highest BCUT2D eigenvalue weighted by Gasteiger charge is 2.11. The molecular formula is C19H16N6OS. The minimum absolute atomic E-state index is 0.0285. The maximum atomic E-state index is 12.2. The van der Waals surface area contributed by atoms with Crippen LogP contribution in [0.25, 0.3) is 22.6 Å². The van der Waals surface area contributed by atoms with Gasteiger partial charge in [0.15, 0.2) is 5.13 Å². The number of thiazole rings is 1. The molecule has 1 N–H and O–H groups in total. The molecule has 1 amide bonds. The lowest BCUT2D eigenvalue weighted by atomic mass is 10.1. The van der Waals surface area contributed by atoms with Gasteiger partial charge in [-0.25, -0.2) is 4.98 Å². The van der Waals surface area contributed by atoms with E-state index in [9.17, 15) is 4.79 Å². The summed E-state index contributed by atoms with van der Waals surface area (Å²) in [6.45, 7) is 2.01. The number of amides is 1. The second-order valence-corrected chi connectivity index (χ2v) is 6.82. The zero-order valence-corrected chi connectivity index (χ0v) is 15.3. The first-order valence-electron chi connectivity index (χ1n) is 8.33. The molecule has 134 valence electrons. The molecule has 8 heteroatoms. The number of nitrogens with one attached hydrogen (secondary N) is 1. The van der Waals surface area contributed by atoms with Crippen LogP contribution in [0.1, 0.15) is 5.56 Å². The molecule has 0 atom stereocenters. The summed E-state index contributed by atoms with van der Waals surface area (Å²) < 4.78 is 0. The lowest BCUT2D eigenvalue weighted by Gasteiger charge is -2.00. The van der Waals surface area contributed by atoms with Gasteiger partial charge in [0.25, 0.3) is 0 Å². The molecule has 0 aliphatic heterocycles. The summed E-state index contributed by atoms with van der Waals surface area (Å²) >= 11 is 1.38. The van der Waals surface area contributed by atoms with Gasteiger partial charge in [0.2, 0.25) is 11.7 Å². The van der Waals surface area contributed by atoms with Crippen molar-refractivity contribution < 1.29 is 4.79 Å². The first-order chi connectivity index (χ1) is 13.2. The molecular weight excluding hydrogens is 360 g/mol. The van der Waals surface area contributed by atoms with Crippen LogP contribution in [-0.2, 0) is 11.3 Å². The number of tetrazole rings is 1. The van der Waals surface area contributed by atoms with Crippen molar-refractivity contribution in [2.45, 2.75) is 13.5 Å². The fraction of sp³-hybridized carbons (Fsp3) is 0.105. The highest BCUT2D eigenvalue weighted by Crippen LogP contribution is 2.25. The van der Waals surface area contributed by atoms with E-state index in [1.54, 1.807) is 0 Å². The molecule has 0 saturated heterocycles. The minimum atomic E-state index is -0.253. The Hall–Kier alpha value is -3.39. The normalized spacial score (nSPS) is 10.7. The molecule has 0 aliphatic rings. The van der Waals surface area contributed by atoms with Gasteiger partial charge in [0.1, 0.15) is 6.54 Å². The van der Waals surface area contributed by atoms with E-state index in [-0.39, 0.29) is 12.5 Å². The molecule has 2 heterocycles. The average molecular weight is 376 g/mol. The van der Waals surface area contributed by atoms with Crippen LogP contribution in [0.5, 0.6) is 0 Å². The fourth-order valence-electron chi connectivity index (χ4n) is 2.49. The van der Waals surface area contributed by atoms with Crippen molar-refractivity contribution >= 4 is 22.4 Å². The molecule has 4 aromatic rings. The molecule has 0 aliphatic carbocycles. The maximum absolute atomic E-state index is 12.2. The Bertz CT molecular complexity index is 1060. The lowest BCUT2D eigenvalue weighted by Crippen LogP contribution is -2.20. The van der Waals surface area contributed by atoms with E-state index >= 15 is 0 Å². The number of aromatic nitrogens is 5. The number of aryl methyl sites for hydroxylation is 1. The molecule has 2 aromatic carbocycles. The quantitative estimate of drug-likeness (QED) is 0.577. The van der Waals surface area contributed by atoms with Crippen molar-refractivity contribution in [1.29, 1.82) is 0 Å². The van der Waals surface area contributed by atoms with Gasteiger partial charge >= 0.3 is 0 Å². The van der Waals surface area contributed by atoms with Crippen LogP contribution in [0.2, 0.25) is 0 Å². The molecule has 0 bridgehead atoms. The number of benzene rings is 2. The summed E-state index contributed by atoms with van der Waals surface area (Å²) in [6.07, 6.45) is 0. The highest BCUT2D eigenvalue weighted by atomic mass is 32.1. The third-order valence-electron chi connectivity index (χ3n) is 3.87. The minimum Gasteiger partial charge on any atom is -0.300 e. The maximum Gasteiger partial charge on any atom is 0.249 e. The van der Waals surface area contributed by atoms with Crippen molar-refractivity contribution in [3.05, 3.63) is 65.5 Å². The van der Waals surface area contributed by atoms with Crippen LogP contribution < -0.4 is 5.32 Å². The Kier molecular flexibility index (Phi) is 4.71. The van der Waals surface area contributed by atoms with Crippen LogP contribution in [0.4, 0.5) is 5.13 Å². The first kappa shape index (κ1) is 17.0. The topological polar surface area (TPSA) is 85.6 Å². The average Bonchev–Trinajstić information content (AvgIpc) is 3.33. The second-order valence-electron chi connectivity index (χ2n) is 5.96. The van der Waals surface area contributed by atoms with Gasteiger partial charge in [-0.3, -0.25) is 4.79 Å². The van der Waals surface area contributed by atoms with Crippen molar-refractivity contribution in [2.75, 3.05) is 5.32 Å². The van der Waals surface area contributed by atoms with Crippen LogP contribution in [0.3, 0.4) is 0 Å². The van der Waals surface area contributed by atoms with E-state index in [1.165, 1.54) is 21.7 Å². The Morgan fingerprint density at radius 3 is 2.63 bits per heavy atom. The molecule has 2 aromatic heterocycles. The smallest absolute Gasteiger partial charge is 0.249 e. The van der Waals surface area contributed by atoms with E-state index in [1.807, 2.05) is 66.9 Å². The summed E-state index contributed by atoms with van der Waals surface area (Å²) in [4.78, 5) is 18.0. The van der Waals surface area contributed by atoms with Crippen LogP contribution in [-0.4, -0.2) is 31.1 Å². The van der Waals surface area contributed by atoms with Gasteiger partial charge in [-0.05, 0) is 12.1 Å². The van der Waals surface area contributed by atoms with E-state index in [2.05, 4.69) is 25.7 Å². The summed E-state index contributed by atoms with van der Waals surface area (Å²) in [5, 5.41) is 17.4. The van der Waals surface area contributed by atoms with Gasteiger partial charge in [0.05, 0.1) is 5.69 Å². The number of hydrogen-bond donors (Lipinski definition) is 1. The SMILES string of the molecule is Cc1ccc(-c2csc(NC(=O)Cn3nnc(-c4ccccc4)n3)n2)cc1. The number of nitrogens with zero attached hydrogens (tertiary/aromatic N) is 5. The lowest BCUT2D eigenvalue weighted by molar-refractivity contribution is -0.117. The van der Waals surface area contributed by atoms with Crippen molar-refractivity contribution in [1.82, 2.24) is 25.2 Å². The Balaban J connectivity index is 1.40. The van der Waals surface area contributed by atoms with Crippen molar-refractivity contribution in [3.8, 4) is 22.6 Å². The summed E-state index contributed by atoms with van der Waals surface area (Å²) in [5.74, 6) is 0.233. The Labute approximate surface area is 159 Å². The number of hydrogen-bond acceptors (Lipinski definition) is 6. The largest absolute Gasteiger partial charge is 0.300 e. The summed E-state index contributed by atoms with van der Waals surface area (Å²) in [7, 11) is 0. The molecule has 27 heavy (non-hydrogen) atoms. The van der Waals surface area contributed by atoms with E-state index in [0.717, 1.165) is 16.8 Å². The fourth-order valence-corrected chi connectivity index (χ4v) is 3.22. The van der Waals surface area contributed by atoms with Gasteiger partial charge in [0, 0.05) is 16.5 Å². The number of carbonyl (C=O) groups excluding carboxylic acids is 1. The second kappa shape index (κ2) is 7.46. The van der Waals surface area contributed by atoms with E-state index in [0.29, 0.717) is 11.0 Å². The van der Waals surface area contributed by atoms with Gasteiger partial charge in [-0.2, -0.15) is 4.80 Å². The Morgan fingerprint density at radius 2 is 1.85 bits per heavy atom. The van der Waals surface area contributed by atoms with Gasteiger partial charge < -0.3 is 5.32 Å². The monoisotopic (exact) mass is 376 g/mol. The highest BCUT2D eigenvalue weighted by molar-refractivity contribution is 7.14. The van der Waals surface area contributed by atoms with E-state index in [4.69, 9.17) is 0 Å². The molecule has 0 radical (unpaired) electrons. The van der Waals surface area contributed by atoms with Crippen molar-refractivity contribution in [3.63, 3.8) is 0 Å². The molecule has 7 nitrogen and oxygen atoms in total.